The summed E-state index contributed by atoms with van der Waals surface area (Å²) in [7, 11) is -1.74. The SMILES string of the molecule is COc1ccc(N2CCN(C(=O)c3cccc(NS(C)(=O)=O)c3)CC2)cc1. The summed E-state index contributed by atoms with van der Waals surface area (Å²) in [6, 6.07) is 14.4. The van der Waals surface area contributed by atoms with Crippen molar-refractivity contribution in [2.45, 2.75) is 0 Å². The second-order valence-electron chi connectivity index (χ2n) is 6.43. The lowest BCUT2D eigenvalue weighted by molar-refractivity contribution is 0.0747. The molecule has 0 aromatic heterocycles. The van der Waals surface area contributed by atoms with E-state index in [0.717, 1.165) is 30.8 Å². The van der Waals surface area contributed by atoms with Crippen molar-refractivity contribution < 1.29 is 17.9 Å². The molecule has 1 aliphatic rings. The Labute approximate surface area is 159 Å². The van der Waals surface area contributed by atoms with E-state index in [-0.39, 0.29) is 5.91 Å². The Hall–Kier alpha value is -2.74. The van der Waals surface area contributed by atoms with Gasteiger partial charge < -0.3 is 14.5 Å². The van der Waals surface area contributed by atoms with E-state index in [4.69, 9.17) is 4.74 Å². The molecule has 1 saturated heterocycles. The molecule has 7 nitrogen and oxygen atoms in total. The average Bonchev–Trinajstić information content (AvgIpc) is 2.66. The lowest BCUT2D eigenvalue weighted by Crippen LogP contribution is -2.48. The van der Waals surface area contributed by atoms with Gasteiger partial charge in [0, 0.05) is 43.1 Å². The molecule has 1 N–H and O–H groups in total. The van der Waals surface area contributed by atoms with Crippen molar-refractivity contribution in [2.24, 2.45) is 0 Å². The van der Waals surface area contributed by atoms with Crippen molar-refractivity contribution >= 4 is 27.3 Å². The molecule has 0 saturated carbocycles. The predicted molar refractivity (Wildman–Crippen MR) is 106 cm³/mol. The molecule has 27 heavy (non-hydrogen) atoms. The number of sulfonamides is 1. The molecule has 2 aromatic rings. The monoisotopic (exact) mass is 389 g/mol. The van der Waals surface area contributed by atoms with Crippen molar-refractivity contribution in [1.82, 2.24) is 4.90 Å². The third-order valence-electron chi connectivity index (χ3n) is 4.42. The van der Waals surface area contributed by atoms with Crippen molar-refractivity contribution in [1.29, 1.82) is 0 Å². The standard InChI is InChI=1S/C19H23N3O4S/c1-26-18-8-6-17(7-9-18)21-10-12-22(13-11-21)19(23)15-4-3-5-16(14-15)20-27(2,24)25/h3-9,14,20H,10-13H2,1-2H3. The first-order valence-corrected chi connectivity index (χ1v) is 10.5. The Bertz CT molecular complexity index is 905. The summed E-state index contributed by atoms with van der Waals surface area (Å²) >= 11 is 0. The van der Waals surface area contributed by atoms with E-state index in [0.29, 0.717) is 24.3 Å². The van der Waals surface area contributed by atoms with Crippen LogP contribution in [0.25, 0.3) is 0 Å². The lowest BCUT2D eigenvalue weighted by Gasteiger charge is -2.36. The van der Waals surface area contributed by atoms with E-state index in [1.807, 2.05) is 24.3 Å². The number of hydrogen-bond donors (Lipinski definition) is 1. The number of carbonyl (C=O) groups excluding carboxylic acids is 1. The number of ether oxygens (including phenoxy) is 1. The fourth-order valence-corrected chi connectivity index (χ4v) is 3.63. The van der Waals surface area contributed by atoms with Crippen LogP contribution in [0.15, 0.2) is 48.5 Å². The number of nitrogens with one attached hydrogen (secondary N) is 1. The van der Waals surface area contributed by atoms with E-state index in [1.54, 1.807) is 36.3 Å². The Morgan fingerprint density at radius 1 is 1.04 bits per heavy atom. The van der Waals surface area contributed by atoms with Crippen LogP contribution in [0, 0.1) is 0 Å². The van der Waals surface area contributed by atoms with Gasteiger partial charge in [-0.05, 0) is 42.5 Å². The largest absolute Gasteiger partial charge is 0.497 e. The fourth-order valence-electron chi connectivity index (χ4n) is 3.07. The Kier molecular flexibility index (Phi) is 5.55. The normalized spacial score (nSPS) is 14.7. The molecule has 1 fully saturated rings. The molecule has 1 amide bonds. The van der Waals surface area contributed by atoms with Gasteiger partial charge in [0.2, 0.25) is 10.0 Å². The van der Waals surface area contributed by atoms with Gasteiger partial charge in [-0.3, -0.25) is 9.52 Å². The van der Waals surface area contributed by atoms with Crippen LogP contribution in [0.1, 0.15) is 10.4 Å². The molecule has 0 bridgehead atoms. The summed E-state index contributed by atoms with van der Waals surface area (Å²) < 4.78 is 30.3. The first-order valence-electron chi connectivity index (χ1n) is 8.62. The minimum absolute atomic E-state index is 0.0958. The van der Waals surface area contributed by atoms with Gasteiger partial charge in [0.25, 0.3) is 5.91 Å². The number of carbonyl (C=O) groups is 1. The van der Waals surface area contributed by atoms with Gasteiger partial charge in [-0.2, -0.15) is 0 Å². The van der Waals surface area contributed by atoms with Crippen LogP contribution in [0.2, 0.25) is 0 Å². The van der Waals surface area contributed by atoms with E-state index in [2.05, 4.69) is 9.62 Å². The molecule has 0 spiro atoms. The summed E-state index contributed by atoms with van der Waals surface area (Å²) in [5.41, 5.74) is 1.96. The minimum Gasteiger partial charge on any atom is -0.497 e. The summed E-state index contributed by atoms with van der Waals surface area (Å²) in [5, 5.41) is 0. The number of anilines is 2. The molecule has 1 aliphatic heterocycles. The molecule has 1 heterocycles. The summed E-state index contributed by atoms with van der Waals surface area (Å²) in [6.07, 6.45) is 1.08. The fraction of sp³-hybridized carbons (Fsp3) is 0.316. The second kappa shape index (κ2) is 7.87. The topological polar surface area (TPSA) is 79.0 Å². The summed E-state index contributed by atoms with van der Waals surface area (Å²) in [4.78, 5) is 16.8. The third-order valence-corrected chi connectivity index (χ3v) is 5.02. The highest BCUT2D eigenvalue weighted by atomic mass is 32.2. The smallest absolute Gasteiger partial charge is 0.254 e. The number of rotatable bonds is 5. The summed E-state index contributed by atoms with van der Waals surface area (Å²) in [5.74, 6) is 0.719. The quantitative estimate of drug-likeness (QED) is 0.847. The number of nitrogens with zero attached hydrogens (tertiary/aromatic N) is 2. The molecule has 0 aliphatic carbocycles. The molecule has 144 valence electrons. The molecule has 2 aromatic carbocycles. The summed E-state index contributed by atoms with van der Waals surface area (Å²) in [6.45, 7) is 2.68. The molecule has 3 rings (SSSR count). The van der Waals surface area contributed by atoms with Gasteiger partial charge in [-0.1, -0.05) is 6.07 Å². The highest BCUT2D eigenvalue weighted by Crippen LogP contribution is 2.21. The van der Waals surface area contributed by atoms with Crippen LogP contribution in [0.5, 0.6) is 5.75 Å². The van der Waals surface area contributed by atoms with E-state index < -0.39 is 10.0 Å². The van der Waals surface area contributed by atoms with Crippen LogP contribution in [-0.4, -0.2) is 58.8 Å². The first-order chi connectivity index (χ1) is 12.9. The van der Waals surface area contributed by atoms with Gasteiger partial charge in [-0.25, -0.2) is 8.42 Å². The minimum atomic E-state index is -3.38. The number of piperazine rings is 1. The molecular formula is C19H23N3O4S. The van der Waals surface area contributed by atoms with Gasteiger partial charge in [-0.15, -0.1) is 0 Å². The van der Waals surface area contributed by atoms with Gasteiger partial charge in [0.15, 0.2) is 0 Å². The maximum absolute atomic E-state index is 12.8. The van der Waals surface area contributed by atoms with Crippen molar-refractivity contribution in [2.75, 3.05) is 49.2 Å². The Morgan fingerprint density at radius 2 is 1.70 bits per heavy atom. The molecule has 0 radical (unpaired) electrons. The highest BCUT2D eigenvalue weighted by Gasteiger charge is 2.22. The lowest BCUT2D eigenvalue weighted by atomic mass is 10.1. The molecule has 8 heteroatoms. The van der Waals surface area contributed by atoms with Gasteiger partial charge in [0.05, 0.1) is 13.4 Å². The highest BCUT2D eigenvalue weighted by molar-refractivity contribution is 7.92. The average molecular weight is 389 g/mol. The molecular weight excluding hydrogens is 366 g/mol. The van der Waals surface area contributed by atoms with Gasteiger partial charge >= 0.3 is 0 Å². The number of benzene rings is 2. The zero-order valence-electron chi connectivity index (χ0n) is 15.4. The van der Waals surface area contributed by atoms with Crippen LogP contribution in [0.4, 0.5) is 11.4 Å². The van der Waals surface area contributed by atoms with Crippen LogP contribution in [-0.2, 0) is 10.0 Å². The first kappa shape index (κ1) is 19.0. The maximum Gasteiger partial charge on any atom is 0.254 e. The Morgan fingerprint density at radius 3 is 2.30 bits per heavy atom. The van der Waals surface area contributed by atoms with Crippen molar-refractivity contribution in [3.05, 3.63) is 54.1 Å². The number of amides is 1. The number of methoxy groups -OCH3 is 1. The van der Waals surface area contributed by atoms with Crippen molar-refractivity contribution in [3.8, 4) is 5.75 Å². The van der Waals surface area contributed by atoms with E-state index in [9.17, 15) is 13.2 Å². The zero-order chi connectivity index (χ0) is 19.4. The third kappa shape index (κ3) is 4.91. The maximum atomic E-state index is 12.8. The molecule has 0 unspecified atom stereocenters. The molecule has 0 atom stereocenters. The second-order valence-corrected chi connectivity index (χ2v) is 8.18. The van der Waals surface area contributed by atoms with E-state index in [1.165, 1.54) is 0 Å². The Balaban J connectivity index is 1.63. The van der Waals surface area contributed by atoms with Gasteiger partial charge in [0.1, 0.15) is 5.75 Å². The zero-order valence-corrected chi connectivity index (χ0v) is 16.2. The number of hydrogen-bond acceptors (Lipinski definition) is 5. The van der Waals surface area contributed by atoms with Crippen LogP contribution in [0.3, 0.4) is 0 Å². The van der Waals surface area contributed by atoms with E-state index >= 15 is 0 Å². The van der Waals surface area contributed by atoms with Crippen LogP contribution < -0.4 is 14.4 Å². The van der Waals surface area contributed by atoms with Crippen molar-refractivity contribution in [3.63, 3.8) is 0 Å². The predicted octanol–water partition coefficient (Wildman–Crippen LogP) is 2.03. The van der Waals surface area contributed by atoms with Crippen LogP contribution >= 0.6 is 0 Å².